The molecule has 0 saturated carbocycles. The van der Waals surface area contributed by atoms with Gasteiger partial charge >= 0.3 is 6.09 Å². The van der Waals surface area contributed by atoms with Gasteiger partial charge in [-0.3, -0.25) is 9.79 Å². The lowest BCUT2D eigenvalue weighted by molar-refractivity contribution is -0.128. The number of aliphatic hydroxyl groups excluding tert-OH is 1. The highest BCUT2D eigenvalue weighted by atomic mass is 16.6. The number of hydrogen-bond acceptors (Lipinski definition) is 7. The number of nitrogens with zero attached hydrogens (tertiary/aromatic N) is 3. The van der Waals surface area contributed by atoms with Crippen molar-refractivity contribution in [2.24, 2.45) is 16.8 Å². The van der Waals surface area contributed by atoms with Crippen LogP contribution < -0.4 is 4.74 Å². The first-order valence-electron chi connectivity index (χ1n) is 12.2. The number of likely N-dealkylation sites (tertiary alicyclic amines) is 1. The number of amides is 1. The number of para-hydroxylation sites is 1. The molecule has 4 unspecified atom stereocenters. The molecule has 188 valence electrons. The minimum atomic E-state index is -1.29. The van der Waals surface area contributed by atoms with Crippen molar-refractivity contribution in [2.75, 3.05) is 6.54 Å². The van der Waals surface area contributed by atoms with Crippen LogP contribution in [0.3, 0.4) is 0 Å². The molecule has 0 aromatic heterocycles. The van der Waals surface area contributed by atoms with Crippen LogP contribution in [0.2, 0.25) is 0 Å². The van der Waals surface area contributed by atoms with Crippen molar-refractivity contribution in [1.82, 2.24) is 4.90 Å². The Morgan fingerprint density at radius 1 is 1.14 bits per heavy atom. The van der Waals surface area contributed by atoms with Crippen molar-refractivity contribution in [3.05, 3.63) is 60.2 Å². The van der Waals surface area contributed by atoms with Crippen LogP contribution in [0.4, 0.5) is 4.79 Å². The fourth-order valence-corrected chi connectivity index (χ4v) is 4.66. The Morgan fingerprint density at radius 3 is 2.44 bits per heavy atom. The van der Waals surface area contributed by atoms with Crippen molar-refractivity contribution in [3.8, 4) is 17.6 Å². The lowest BCUT2D eigenvalue weighted by atomic mass is 9.80. The minimum Gasteiger partial charge on any atom is -0.457 e. The maximum atomic E-state index is 13.3. The van der Waals surface area contributed by atoms with E-state index in [-0.39, 0.29) is 24.0 Å². The molecule has 2 heterocycles. The fourth-order valence-electron chi connectivity index (χ4n) is 4.66. The summed E-state index contributed by atoms with van der Waals surface area (Å²) < 4.78 is 11.3. The van der Waals surface area contributed by atoms with E-state index in [1.807, 2.05) is 30.3 Å². The SMILES string of the molecule is CC(C)(C)OC(=O)N1CCCC1CC1C(=O)C(C#N)C(c2ccc(Oc3ccccc3)cc2)=NC1O. The van der Waals surface area contributed by atoms with Gasteiger partial charge in [0.15, 0.2) is 12.0 Å². The number of aliphatic hydroxyl groups is 1. The van der Waals surface area contributed by atoms with Gasteiger partial charge in [0.25, 0.3) is 0 Å². The number of benzene rings is 2. The molecule has 1 fully saturated rings. The van der Waals surface area contributed by atoms with E-state index in [0.717, 1.165) is 6.42 Å². The van der Waals surface area contributed by atoms with Gasteiger partial charge in [-0.15, -0.1) is 0 Å². The summed E-state index contributed by atoms with van der Waals surface area (Å²) in [6, 6.07) is 18.1. The zero-order chi connectivity index (χ0) is 25.9. The van der Waals surface area contributed by atoms with Gasteiger partial charge in [0, 0.05) is 12.6 Å². The van der Waals surface area contributed by atoms with Crippen molar-refractivity contribution >= 4 is 17.6 Å². The smallest absolute Gasteiger partial charge is 0.410 e. The van der Waals surface area contributed by atoms with Gasteiger partial charge in [-0.1, -0.05) is 18.2 Å². The van der Waals surface area contributed by atoms with E-state index in [1.54, 1.807) is 49.9 Å². The van der Waals surface area contributed by atoms with E-state index in [9.17, 15) is 20.0 Å². The highest BCUT2D eigenvalue weighted by molar-refractivity contribution is 6.17. The molecule has 2 aromatic carbocycles. The van der Waals surface area contributed by atoms with E-state index in [0.29, 0.717) is 30.0 Å². The molecular weight excluding hydrogens is 458 g/mol. The lowest BCUT2D eigenvalue weighted by Gasteiger charge is -2.33. The molecule has 2 aliphatic heterocycles. The Balaban J connectivity index is 1.49. The molecule has 0 radical (unpaired) electrons. The average Bonchev–Trinajstić information content (AvgIpc) is 3.30. The first kappa shape index (κ1) is 25.4. The lowest BCUT2D eigenvalue weighted by Crippen LogP contribution is -2.46. The van der Waals surface area contributed by atoms with Gasteiger partial charge in [-0.05, 0) is 82.0 Å². The van der Waals surface area contributed by atoms with E-state index in [1.165, 1.54) is 0 Å². The number of aliphatic imine (C=N–C) groups is 1. The number of carbonyl (C=O) groups is 2. The second kappa shape index (κ2) is 10.5. The first-order valence-corrected chi connectivity index (χ1v) is 12.2. The van der Waals surface area contributed by atoms with Crippen molar-refractivity contribution in [1.29, 1.82) is 5.26 Å². The maximum Gasteiger partial charge on any atom is 0.410 e. The van der Waals surface area contributed by atoms with E-state index in [4.69, 9.17) is 9.47 Å². The molecule has 1 amide bonds. The number of rotatable bonds is 5. The summed E-state index contributed by atoms with van der Waals surface area (Å²) in [6.45, 7) is 5.94. The Bertz CT molecular complexity index is 1160. The van der Waals surface area contributed by atoms with Gasteiger partial charge < -0.3 is 19.5 Å². The molecule has 4 rings (SSSR count). The van der Waals surface area contributed by atoms with Gasteiger partial charge in [0.2, 0.25) is 0 Å². The van der Waals surface area contributed by atoms with Crippen LogP contribution in [0.15, 0.2) is 59.6 Å². The summed E-state index contributed by atoms with van der Waals surface area (Å²) in [5, 5.41) is 20.7. The third-order valence-electron chi connectivity index (χ3n) is 6.34. The normalized spacial score (nSPS) is 24.1. The van der Waals surface area contributed by atoms with E-state index < -0.39 is 29.8 Å². The summed E-state index contributed by atoms with van der Waals surface area (Å²) >= 11 is 0. The second-order valence-corrected chi connectivity index (χ2v) is 10.1. The van der Waals surface area contributed by atoms with Crippen LogP contribution in [0, 0.1) is 23.2 Å². The van der Waals surface area contributed by atoms with Crippen LogP contribution >= 0.6 is 0 Å². The Labute approximate surface area is 211 Å². The second-order valence-electron chi connectivity index (χ2n) is 10.1. The number of nitriles is 1. The summed E-state index contributed by atoms with van der Waals surface area (Å²) in [4.78, 5) is 32.0. The predicted octanol–water partition coefficient (Wildman–Crippen LogP) is 4.71. The largest absolute Gasteiger partial charge is 0.457 e. The Hall–Kier alpha value is -3.70. The van der Waals surface area contributed by atoms with Gasteiger partial charge in [0.1, 0.15) is 23.0 Å². The number of ketones is 1. The van der Waals surface area contributed by atoms with Crippen molar-refractivity contribution < 1.29 is 24.2 Å². The quantitative estimate of drug-likeness (QED) is 0.651. The van der Waals surface area contributed by atoms with Gasteiger partial charge in [0.05, 0.1) is 17.7 Å². The monoisotopic (exact) mass is 489 g/mol. The molecule has 2 aliphatic rings. The molecule has 0 spiro atoms. The molecule has 1 N–H and O–H groups in total. The highest BCUT2D eigenvalue weighted by Crippen LogP contribution is 2.33. The zero-order valence-electron chi connectivity index (χ0n) is 20.8. The summed E-state index contributed by atoms with van der Waals surface area (Å²) in [7, 11) is 0. The maximum absolute atomic E-state index is 13.3. The molecule has 1 saturated heterocycles. The van der Waals surface area contributed by atoms with Crippen LogP contribution in [0.5, 0.6) is 11.5 Å². The molecule has 2 aromatic rings. The molecule has 8 nitrogen and oxygen atoms in total. The molecule has 36 heavy (non-hydrogen) atoms. The van der Waals surface area contributed by atoms with Crippen LogP contribution in [0.25, 0.3) is 0 Å². The van der Waals surface area contributed by atoms with Crippen LogP contribution in [-0.4, -0.2) is 52.0 Å². The number of ether oxygens (including phenoxy) is 2. The summed E-state index contributed by atoms with van der Waals surface area (Å²) in [6.07, 6.45) is -0.000998. The molecule has 0 aliphatic carbocycles. The first-order chi connectivity index (χ1) is 17.2. The third-order valence-corrected chi connectivity index (χ3v) is 6.34. The summed E-state index contributed by atoms with van der Waals surface area (Å²) in [5.74, 6) is -1.06. The third kappa shape index (κ3) is 5.74. The fraction of sp³-hybridized carbons (Fsp3) is 0.429. The molecular formula is C28H31N3O5. The van der Waals surface area contributed by atoms with Crippen molar-refractivity contribution in [3.63, 3.8) is 0 Å². The average molecular weight is 490 g/mol. The number of Topliss-reactive ketones (excluding diaryl/α,β-unsaturated/α-hetero) is 1. The van der Waals surface area contributed by atoms with E-state index in [2.05, 4.69) is 11.1 Å². The predicted molar refractivity (Wildman–Crippen MR) is 134 cm³/mol. The van der Waals surface area contributed by atoms with Crippen molar-refractivity contribution in [2.45, 2.75) is 57.9 Å². The van der Waals surface area contributed by atoms with Gasteiger partial charge in [-0.2, -0.15) is 5.26 Å². The van der Waals surface area contributed by atoms with Crippen LogP contribution in [0.1, 0.15) is 45.6 Å². The van der Waals surface area contributed by atoms with E-state index >= 15 is 0 Å². The zero-order valence-corrected chi connectivity index (χ0v) is 20.8. The Morgan fingerprint density at radius 2 is 1.81 bits per heavy atom. The molecule has 4 atom stereocenters. The topological polar surface area (TPSA) is 112 Å². The molecule has 8 heteroatoms. The van der Waals surface area contributed by atoms with Crippen LogP contribution in [-0.2, 0) is 9.53 Å². The Kier molecular flexibility index (Phi) is 7.41. The number of hydrogen-bond donors (Lipinski definition) is 1. The minimum absolute atomic E-state index is 0.234. The highest BCUT2D eigenvalue weighted by Gasteiger charge is 2.43. The molecule has 0 bridgehead atoms. The van der Waals surface area contributed by atoms with Gasteiger partial charge in [-0.25, -0.2) is 4.79 Å². The number of carbonyl (C=O) groups excluding carboxylic acids is 2. The summed E-state index contributed by atoms with van der Waals surface area (Å²) in [5.41, 5.74) is 0.189. The standard InChI is InChI=1S/C28H31N3O5/c1-28(2,3)36-27(34)31-15-7-8-19(31)16-22-25(32)23(17-29)24(30-26(22)33)18-11-13-21(14-12-18)35-20-9-5-4-6-10-20/h4-6,9-14,19,22-23,26,33H,7-8,15-16H2,1-3H3.